The molecule has 3 aliphatic rings. The van der Waals surface area contributed by atoms with E-state index in [1.54, 1.807) is 0 Å². The van der Waals surface area contributed by atoms with E-state index in [-0.39, 0.29) is 19.8 Å². The molecule has 3 fully saturated rings. The van der Waals surface area contributed by atoms with Crippen LogP contribution in [0.2, 0.25) is 0 Å². The van der Waals surface area contributed by atoms with E-state index in [1.807, 2.05) is 0 Å². The molecule has 0 spiro atoms. The monoisotopic (exact) mass is 414 g/mol. The lowest BCUT2D eigenvalue weighted by Gasteiger charge is -2.43. The van der Waals surface area contributed by atoms with Gasteiger partial charge in [-0.1, -0.05) is 0 Å². The second kappa shape index (κ2) is 9.09. The van der Waals surface area contributed by atoms with Crippen LogP contribution in [0, 0.1) is 0 Å². The molecule has 0 aromatic rings. The molecular weight excluding hydrogens is 388 g/mol. The minimum absolute atomic E-state index is 0.287. The molecule has 0 unspecified atom stereocenters. The van der Waals surface area contributed by atoms with E-state index in [0.29, 0.717) is 0 Å². The van der Waals surface area contributed by atoms with Gasteiger partial charge in [-0.15, -0.1) is 0 Å². The Morgan fingerprint density at radius 1 is 0.500 bits per heavy atom. The van der Waals surface area contributed by atoms with Crippen LogP contribution < -0.4 is 0 Å². The van der Waals surface area contributed by atoms with Crippen LogP contribution in [-0.4, -0.2) is 134 Å². The predicted octanol–water partition coefficient (Wildman–Crippen LogP) is -5.66. The van der Waals surface area contributed by atoms with Crippen molar-refractivity contribution in [3.63, 3.8) is 0 Å². The first-order chi connectivity index (χ1) is 13.2. The zero-order valence-corrected chi connectivity index (χ0v) is 14.7. The van der Waals surface area contributed by atoms with Crippen molar-refractivity contribution in [3.05, 3.63) is 0 Å². The van der Waals surface area contributed by atoms with E-state index in [2.05, 4.69) is 0 Å². The fourth-order valence-corrected chi connectivity index (χ4v) is 3.15. The third kappa shape index (κ3) is 4.46. The van der Waals surface area contributed by atoms with Gasteiger partial charge in [0.25, 0.3) is 0 Å². The lowest BCUT2D eigenvalue weighted by atomic mass is 10.0. The third-order valence-corrected chi connectivity index (χ3v) is 4.96. The van der Waals surface area contributed by atoms with Gasteiger partial charge in [0.2, 0.25) is 0 Å². The van der Waals surface area contributed by atoms with Crippen molar-refractivity contribution >= 4 is 0 Å². The lowest BCUT2D eigenvalue weighted by molar-refractivity contribution is -0.346. The van der Waals surface area contributed by atoms with E-state index in [0.717, 1.165) is 0 Å². The van der Waals surface area contributed by atoms with Crippen molar-refractivity contribution < 1.29 is 64.5 Å². The molecule has 3 saturated heterocycles. The van der Waals surface area contributed by atoms with E-state index >= 15 is 0 Å². The maximum absolute atomic E-state index is 10.3. The van der Waals surface area contributed by atoms with Crippen LogP contribution in [0.4, 0.5) is 0 Å². The number of aliphatic hydroxyl groups is 8. The largest absolute Gasteiger partial charge is 0.388 e. The predicted molar refractivity (Wildman–Crippen MR) is 83.2 cm³/mol. The van der Waals surface area contributed by atoms with Gasteiger partial charge in [0.1, 0.15) is 54.9 Å². The SMILES string of the molecule is O[C@@H]1[C@@H](O)[C@H](O[C@@H]2CO[C@@H](O[C@@H]3CO[C@H](O)[C@H](O)[C@H]3O)[C@H](O)[C@H]2O)OC[C@H]1O. The first-order valence-electron chi connectivity index (χ1n) is 8.81. The standard InChI is InChI=1S/C15H26O13/c16-4-1-25-14(11(21)7(4)17)28-6-3-26-15(12(22)9(6)19)27-5-2-24-13(23)10(20)8(5)18/h4-23H,1-3H2/t4-,5-,6-,7+,8+,9+,10-,11-,12-,13+,14+,15+/m1/s1. The minimum Gasteiger partial charge on any atom is -0.388 e. The molecular formula is C15H26O13. The third-order valence-electron chi connectivity index (χ3n) is 4.96. The molecule has 3 heterocycles. The molecule has 0 aromatic heterocycles. The van der Waals surface area contributed by atoms with Gasteiger partial charge in [0, 0.05) is 0 Å². The molecule has 0 saturated carbocycles. The van der Waals surface area contributed by atoms with Gasteiger partial charge in [-0.05, 0) is 0 Å². The number of ether oxygens (including phenoxy) is 5. The summed E-state index contributed by atoms with van der Waals surface area (Å²) in [4.78, 5) is 0. The van der Waals surface area contributed by atoms with Crippen LogP contribution in [-0.2, 0) is 23.7 Å². The van der Waals surface area contributed by atoms with Crippen LogP contribution >= 0.6 is 0 Å². The molecule has 13 heteroatoms. The minimum atomic E-state index is -1.63. The second-order valence-corrected chi connectivity index (χ2v) is 6.99. The van der Waals surface area contributed by atoms with Gasteiger partial charge >= 0.3 is 0 Å². The van der Waals surface area contributed by atoms with E-state index in [1.165, 1.54) is 0 Å². The Balaban J connectivity index is 1.54. The van der Waals surface area contributed by atoms with Gasteiger partial charge in [-0.2, -0.15) is 0 Å². The highest BCUT2D eigenvalue weighted by molar-refractivity contribution is 4.89. The first kappa shape index (κ1) is 22.2. The van der Waals surface area contributed by atoms with Crippen molar-refractivity contribution in [2.24, 2.45) is 0 Å². The average Bonchev–Trinajstić information content (AvgIpc) is 2.68. The Morgan fingerprint density at radius 2 is 0.964 bits per heavy atom. The van der Waals surface area contributed by atoms with Crippen LogP contribution in [0.1, 0.15) is 0 Å². The van der Waals surface area contributed by atoms with Crippen molar-refractivity contribution in [1.82, 2.24) is 0 Å². The van der Waals surface area contributed by atoms with Gasteiger partial charge in [-0.25, -0.2) is 0 Å². The summed E-state index contributed by atoms with van der Waals surface area (Å²) in [5.41, 5.74) is 0. The summed E-state index contributed by atoms with van der Waals surface area (Å²) in [5.74, 6) is 0. The van der Waals surface area contributed by atoms with Crippen LogP contribution in [0.5, 0.6) is 0 Å². The summed E-state index contributed by atoms with van der Waals surface area (Å²) in [7, 11) is 0. The van der Waals surface area contributed by atoms with E-state index < -0.39 is 73.8 Å². The fourth-order valence-electron chi connectivity index (χ4n) is 3.15. The molecule has 3 rings (SSSR count). The average molecular weight is 414 g/mol. The summed E-state index contributed by atoms with van der Waals surface area (Å²) in [6, 6.07) is 0. The number of hydrogen-bond acceptors (Lipinski definition) is 13. The second-order valence-electron chi connectivity index (χ2n) is 6.99. The Hall–Kier alpha value is -0.520. The van der Waals surface area contributed by atoms with E-state index in [9.17, 15) is 40.9 Å². The van der Waals surface area contributed by atoms with Crippen molar-refractivity contribution in [2.75, 3.05) is 19.8 Å². The maximum Gasteiger partial charge on any atom is 0.186 e. The molecule has 0 aromatic carbocycles. The number of aliphatic hydroxyl groups excluding tert-OH is 8. The summed E-state index contributed by atoms with van der Waals surface area (Å²) < 4.78 is 25.9. The molecule has 28 heavy (non-hydrogen) atoms. The Bertz CT molecular complexity index is 464. The first-order valence-corrected chi connectivity index (χ1v) is 8.81. The van der Waals surface area contributed by atoms with Gasteiger partial charge in [0.15, 0.2) is 18.9 Å². The quantitative estimate of drug-likeness (QED) is 0.216. The highest BCUT2D eigenvalue weighted by Gasteiger charge is 2.47. The van der Waals surface area contributed by atoms with Crippen molar-refractivity contribution in [2.45, 2.75) is 73.8 Å². The van der Waals surface area contributed by atoms with Crippen LogP contribution in [0.3, 0.4) is 0 Å². The summed E-state index contributed by atoms with van der Waals surface area (Å²) in [5, 5.41) is 78.3. The highest BCUT2D eigenvalue weighted by atomic mass is 16.7. The number of rotatable bonds is 4. The lowest BCUT2D eigenvalue weighted by Crippen LogP contribution is -2.61. The molecule has 0 radical (unpaired) electrons. The topological polar surface area (TPSA) is 208 Å². The zero-order valence-electron chi connectivity index (χ0n) is 14.7. The van der Waals surface area contributed by atoms with Gasteiger partial charge in [0.05, 0.1) is 19.8 Å². The molecule has 0 bridgehead atoms. The summed E-state index contributed by atoms with van der Waals surface area (Å²) in [6.45, 7) is -0.887. The fraction of sp³-hybridized carbons (Fsp3) is 1.00. The molecule has 12 atom stereocenters. The zero-order chi connectivity index (χ0) is 20.6. The molecule has 164 valence electrons. The molecule has 0 aliphatic carbocycles. The maximum atomic E-state index is 10.3. The van der Waals surface area contributed by atoms with E-state index in [4.69, 9.17) is 23.7 Å². The van der Waals surface area contributed by atoms with Crippen LogP contribution in [0.25, 0.3) is 0 Å². The normalized spacial score (nSPS) is 53.1. The van der Waals surface area contributed by atoms with Gasteiger partial charge in [-0.3, -0.25) is 0 Å². The molecule has 13 nitrogen and oxygen atoms in total. The summed E-state index contributed by atoms with van der Waals surface area (Å²) in [6.07, 6.45) is -17.3. The molecule has 8 N–H and O–H groups in total. The van der Waals surface area contributed by atoms with Crippen molar-refractivity contribution in [1.29, 1.82) is 0 Å². The number of hydrogen-bond donors (Lipinski definition) is 8. The molecule has 3 aliphatic heterocycles. The Labute approximate surface area is 159 Å². The van der Waals surface area contributed by atoms with Gasteiger partial charge < -0.3 is 64.5 Å². The van der Waals surface area contributed by atoms with Crippen LogP contribution in [0.15, 0.2) is 0 Å². The Morgan fingerprint density at radius 3 is 1.57 bits per heavy atom. The highest BCUT2D eigenvalue weighted by Crippen LogP contribution is 2.26. The molecule has 0 amide bonds. The summed E-state index contributed by atoms with van der Waals surface area (Å²) >= 11 is 0. The Kier molecular flexibility index (Phi) is 7.20. The van der Waals surface area contributed by atoms with Crippen molar-refractivity contribution in [3.8, 4) is 0 Å². The smallest absolute Gasteiger partial charge is 0.186 e.